The molecule has 114 valence electrons. The van der Waals surface area contributed by atoms with Gasteiger partial charge in [-0.05, 0) is 46.2 Å². The summed E-state index contributed by atoms with van der Waals surface area (Å²) in [5.41, 5.74) is 6.88. The second-order valence-corrected chi connectivity index (χ2v) is 7.67. The van der Waals surface area contributed by atoms with Gasteiger partial charge >= 0.3 is 7.12 Å². The van der Waals surface area contributed by atoms with E-state index < -0.39 is 7.12 Å². The molecule has 0 aliphatic carbocycles. The van der Waals surface area contributed by atoms with Gasteiger partial charge in [0.05, 0.1) is 11.2 Å². The quantitative estimate of drug-likeness (QED) is 0.638. The lowest BCUT2D eigenvalue weighted by molar-refractivity contribution is 0.00578. The van der Waals surface area contributed by atoms with Gasteiger partial charge in [-0.2, -0.15) is 0 Å². The van der Waals surface area contributed by atoms with Crippen molar-refractivity contribution < 1.29 is 9.31 Å². The third kappa shape index (κ3) is 3.86. The zero-order valence-corrected chi connectivity index (χ0v) is 14.2. The van der Waals surface area contributed by atoms with E-state index in [1.807, 2.05) is 34.6 Å². The molecular weight excluding hydrogens is 251 g/mol. The zero-order chi connectivity index (χ0) is 15.8. The number of hydrogen-bond donors (Lipinski definition) is 1. The van der Waals surface area contributed by atoms with Crippen molar-refractivity contribution in [3.63, 3.8) is 0 Å². The first-order valence-corrected chi connectivity index (χ1v) is 7.18. The molecule has 5 heteroatoms. The molecule has 1 heterocycles. The van der Waals surface area contributed by atoms with Crippen LogP contribution in [0.1, 0.15) is 55.4 Å². The molecule has 0 aromatic rings. The van der Waals surface area contributed by atoms with Gasteiger partial charge in [0.15, 0.2) is 0 Å². The highest BCUT2D eigenvalue weighted by Gasteiger charge is 2.52. The van der Waals surface area contributed by atoms with Crippen molar-refractivity contribution in [3.8, 4) is 0 Å². The summed E-state index contributed by atoms with van der Waals surface area (Å²) >= 11 is 0. The van der Waals surface area contributed by atoms with Crippen LogP contribution in [0.4, 0.5) is 0 Å². The number of nitrogens with two attached hydrogens (primary N) is 1. The van der Waals surface area contributed by atoms with Crippen LogP contribution in [-0.2, 0) is 9.31 Å². The molecule has 4 nitrogen and oxygen atoms in total. The zero-order valence-electron chi connectivity index (χ0n) is 14.2. The molecule has 2 N–H and O–H groups in total. The van der Waals surface area contributed by atoms with Crippen LogP contribution in [0.5, 0.6) is 0 Å². The second-order valence-electron chi connectivity index (χ2n) is 7.67. The Labute approximate surface area is 124 Å². The molecule has 20 heavy (non-hydrogen) atoms. The number of rotatable bonds is 3. The molecule has 0 amide bonds. The maximum absolute atomic E-state index is 6.02. The molecule has 0 aromatic carbocycles. The fourth-order valence-corrected chi connectivity index (χ4v) is 1.79. The van der Waals surface area contributed by atoms with Crippen molar-refractivity contribution in [2.45, 2.75) is 66.6 Å². The minimum absolute atomic E-state index is 0.150. The Morgan fingerprint density at radius 1 is 1.15 bits per heavy atom. The third-order valence-corrected chi connectivity index (χ3v) is 3.90. The van der Waals surface area contributed by atoms with Crippen LogP contribution in [0.25, 0.3) is 0 Å². The average molecular weight is 280 g/mol. The van der Waals surface area contributed by atoms with Gasteiger partial charge < -0.3 is 15.0 Å². The molecule has 1 aliphatic rings. The van der Waals surface area contributed by atoms with Gasteiger partial charge in [-0.1, -0.05) is 20.8 Å². The van der Waals surface area contributed by atoms with Crippen LogP contribution in [0.3, 0.4) is 0 Å². The standard InChI is InChI=1S/C15H29BN2O2/c1-11(18-10-13(2,3)4)12(9-17)16-19-14(5,6)15(7,8)20-16/h9H,10,17H2,1-8H3/b12-9+,18-11?. The summed E-state index contributed by atoms with van der Waals surface area (Å²) in [6.07, 6.45) is 1.55. The van der Waals surface area contributed by atoms with Crippen molar-refractivity contribution in [1.82, 2.24) is 0 Å². The molecule has 1 saturated heterocycles. The maximum Gasteiger partial charge on any atom is 0.498 e. The Kier molecular flexibility index (Phi) is 4.77. The fourth-order valence-electron chi connectivity index (χ4n) is 1.79. The van der Waals surface area contributed by atoms with Gasteiger partial charge in [0.2, 0.25) is 0 Å². The molecule has 0 unspecified atom stereocenters. The van der Waals surface area contributed by atoms with Crippen molar-refractivity contribution in [1.29, 1.82) is 0 Å². The topological polar surface area (TPSA) is 56.8 Å². The average Bonchev–Trinajstić information content (AvgIpc) is 2.45. The predicted molar refractivity (Wildman–Crippen MR) is 85.8 cm³/mol. The van der Waals surface area contributed by atoms with Gasteiger partial charge in [-0.15, -0.1) is 0 Å². The molecule has 1 aliphatic heterocycles. The maximum atomic E-state index is 6.02. The van der Waals surface area contributed by atoms with Crippen molar-refractivity contribution in [2.24, 2.45) is 16.1 Å². The summed E-state index contributed by atoms with van der Waals surface area (Å²) in [5.74, 6) is 0. The van der Waals surface area contributed by atoms with Gasteiger partial charge in [0.1, 0.15) is 0 Å². The Balaban J connectivity index is 2.90. The number of allylic oxidation sites excluding steroid dienone is 1. The van der Waals surface area contributed by atoms with Crippen molar-refractivity contribution in [2.75, 3.05) is 6.54 Å². The van der Waals surface area contributed by atoms with E-state index in [4.69, 9.17) is 15.0 Å². The van der Waals surface area contributed by atoms with Crippen LogP contribution in [0.2, 0.25) is 0 Å². The molecule has 0 radical (unpaired) electrons. The van der Waals surface area contributed by atoms with Crippen LogP contribution >= 0.6 is 0 Å². The van der Waals surface area contributed by atoms with E-state index in [1.54, 1.807) is 6.20 Å². The first-order valence-electron chi connectivity index (χ1n) is 7.18. The summed E-state index contributed by atoms with van der Waals surface area (Å²) < 4.78 is 12.0. The van der Waals surface area contributed by atoms with E-state index in [2.05, 4.69) is 25.8 Å². The van der Waals surface area contributed by atoms with Crippen LogP contribution < -0.4 is 5.73 Å². The van der Waals surface area contributed by atoms with Crippen molar-refractivity contribution in [3.05, 3.63) is 11.7 Å². The van der Waals surface area contributed by atoms with Crippen molar-refractivity contribution >= 4 is 12.8 Å². The third-order valence-electron chi connectivity index (χ3n) is 3.90. The Morgan fingerprint density at radius 3 is 1.95 bits per heavy atom. The van der Waals surface area contributed by atoms with E-state index in [-0.39, 0.29) is 16.6 Å². The van der Waals surface area contributed by atoms with E-state index in [0.717, 1.165) is 17.7 Å². The fraction of sp³-hybridized carbons (Fsp3) is 0.800. The predicted octanol–water partition coefficient (Wildman–Crippen LogP) is 2.97. The summed E-state index contributed by atoms with van der Waals surface area (Å²) in [6, 6.07) is 0. The van der Waals surface area contributed by atoms with E-state index in [1.165, 1.54) is 0 Å². The summed E-state index contributed by atoms with van der Waals surface area (Å²) in [5, 5.41) is 0. The highest BCUT2D eigenvalue weighted by molar-refractivity contribution is 6.62. The lowest BCUT2D eigenvalue weighted by Crippen LogP contribution is -2.41. The number of hydrogen-bond acceptors (Lipinski definition) is 4. The summed E-state index contributed by atoms with van der Waals surface area (Å²) in [6.45, 7) is 17.3. The number of aliphatic imine (C=N–C) groups is 1. The summed E-state index contributed by atoms with van der Waals surface area (Å²) in [7, 11) is -0.450. The van der Waals surface area contributed by atoms with Crippen LogP contribution in [0.15, 0.2) is 16.7 Å². The largest absolute Gasteiger partial charge is 0.498 e. The van der Waals surface area contributed by atoms with Gasteiger partial charge in [-0.25, -0.2) is 0 Å². The van der Waals surface area contributed by atoms with Crippen LogP contribution in [0, 0.1) is 5.41 Å². The molecule has 0 saturated carbocycles. The Morgan fingerprint density at radius 2 is 1.60 bits per heavy atom. The SMILES string of the molecule is CC(=NCC(C)(C)C)/C(=C\N)B1OC(C)(C)C(C)(C)O1. The summed E-state index contributed by atoms with van der Waals surface area (Å²) in [4.78, 5) is 4.62. The molecule has 0 atom stereocenters. The molecule has 1 rings (SSSR count). The lowest BCUT2D eigenvalue weighted by Gasteiger charge is -2.32. The molecule has 0 aromatic heterocycles. The minimum Gasteiger partial charge on any atom is -0.405 e. The number of nitrogens with zero attached hydrogens (tertiary/aromatic N) is 1. The highest BCUT2D eigenvalue weighted by Crippen LogP contribution is 2.38. The highest BCUT2D eigenvalue weighted by atomic mass is 16.7. The Bertz CT molecular complexity index is 404. The van der Waals surface area contributed by atoms with Gasteiger partial charge in [0.25, 0.3) is 0 Å². The lowest BCUT2D eigenvalue weighted by atomic mass is 9.76. The monoisotopic (exact) mass is 280 g/mol. The van der Waals surface area contributed by atoms with Gasteiger partial charge in [0, 0.05) is 17.7 Å². The van der Waals surface area contributed by atoms with Crippen LogP contribution in [-0.4, -0.2) is 30.6 Å². The first kappa shape index (κ1) is 17.2. The molecule has 0 bridgehead atoms. The van der Waals surface area contributed by atoms with E-state index in [9.17, 15) is 0 Å². The molecule has 1 fully saturated rings. The minimum atomic E-state index is -0.450. The van der Waals surface area contributed by atoms with E-state index in [0.29, 0.717) is 0 Å². The Hall–Kier alpha value is -0.805. The molecular formula is C15H29BN2O2. The normalized spacial score (nSPS) is 23.3. The molecule has 0 spiro atoms. The van der Waals surface area contributed by atoms with E-state index >= 15 is 0 Å². The second kappa shape index (κ2) is 5.53. The smallest absolute Gasteiger partial charge is 0.405 e. The first-order chi connectivity index (χ1) is 8.89. The van der Waals surface area contributed by atoms with Gasteiger partial charge in [-0.3, -0.25) is 4.99 Å².